The lowest BCUT2D eigenvalue weighted by Gasteiger charge is -2.32. The second-order valence-electron chi connectivity index (χ2n) is 10.0. The number of amides is 2. The molecule has 3 aromatic rings. The lowest BCUT2D eigenvalue weighted by Crippen LogP contribution is -2.53. The van der Waals surface area contributed by atoms with Crippen LogP contribution < -0.4 is 19.1 Å². The Morgan fingerprint density at radius 1 is 0.878 bits per heavy atom. The van der Waals surface area contributed by atoms with Crippen LogP contribution in [0.2, 0.25) is 0 Å². The number of benzene rings is 3. The van der Waals surface area contributed by atoms with Gasteiger partial charge in [0.05, 0.1) is 24.8 Å². The van der Waals surface area contributed by atoms with E-state index in [0.29, 0.717) is 17.9 Å². The Kier molecular flexibility index (Phi) is 10.8. The number of methoxy groups -OCH3 is 2. The van der Waals surface area contributed by atoms with E-state index >= 15 is 0 Å². The first-order valence-electron chi connectivity index (χ1n) is 13.4. The van der Waals surface area contributed by atoms with Gasteiger partial charge in [-0.1, -0.05) is 48.0 Å². The number of sulfonamides is 1. The summed E-state index contributed by atoms with van der Waals surface area (Å²) in [6.45, 7) is 6.95. The Balaban J connectivity index is 2.02. The minimum absolute atomic E-state index is 0.0649. The summed E-state index contributed by atoms with van der Waals surface area (Å²) in [5.41, 5.74) is 2.25. The van der Waals surface area contributed by atoms with Gasteiger partial charge in [-0.3, -0.25) is 13.9 Å². The maximum absolute atomic E-state index is 14.1. The number of carbonyl (C=O) groups excluding carboxylic acids is 2. The summed E-state index contributed by atoms with van der Waals surface area (Å²) in [6, 6.07) is 19.8. The second kappa shape index (κ2) is 14.0. The highest BCUT2D eigenvalue weighted by Crippen LogP contribution is 2.32. The van der Waals surface area contributed by atoms with E-state index in [1.54, 1.807) is 31.2 Å². The number of aryl methyl sites for hydroxylation is 1. The van der Waals surface area contributed by atoms with Crippen LogP contribution in [0.5, 0.6) is 11.5 Å². The Bertz CT molecular complexity index is 1430. The molecule has 0 saturated heterocycles. The molecular formula is C31H39N3O6S. The molecule has 1 atom stereocenters. The number of hydrogen-bond donors (Lipinski definition) is 1. The molecule has 0 aliphatic carbocycles. The van der Waals surface area contributed by atoms with Crippen LogP contribution in [-0.2, 0) is 26.0 Å². The van der Waals surface area contributed by atoms with Gasteiger partial charge in [0, 0.05) is 18.7 Å². The number of ether oxygens (including phenoxy) is 2. The van der Waals surface area contributed by atoms with Gasteiger partial charge in [-0.15, -0.1) is 0 Å². The van der Waals surface area contributed by atoms with Crippen molar-refractivity contribution in [3.63, 3.8) is 0 Å². The molecule has 0 aliphatic heterocycles. The fourth-order valence-corrected chi connectivity index (χ4v) is 5.75. The molecule has 0 unspecified atom stereocenters. The van der Waals surface area contributed by atoms with E-state index in [-0.39, 0.29) is 29.1 Å². The monoisotopic (exact) mass is 581 g/mol. The van der Waals surface area contributed by atoms with Gasteiger partial charge in [-0.05, 0) is 63.9 Å². The number of rotatable bonds is 13. The van der Waals surface area contributed by atoms with Crippen LogP contribution in [0.4, 0.5) is 5.69 Å². The van der Waals surface area contributed by atoms with E-state index in [1.165, 1.54) is 37.3 Å². The van der Waals surface area contributed by atoms with Crippen molar-refractivity contribution in [2.75, 3.05) is 31.6 Å². The quantitative estimate of drug-likeness (QED) is 0.325. The van der Waals surface area contributed by atoms with E-state index in [2.05, 4.69) is 5.32 Å². The number of hydrogen-bond acceptors (Lipinski definition) is 6. The number of carbonyl (C=O) groups is 2. The zero-order valence-electron chi connectivity index (χ0n) is 24.5. The zero-order valence-corrected chi connectivity index (χ0v) is 25.3. The molecule has 2 amide bonds. The van der Waals surface area contributed by atoms with Crippen LogP contribution >= 0.6 is 0 Å². The average Bonchev–Trinajstić information content (AvgIpc) is 2.96. The third-order valence-corrected chi connectivity index (χ3v) is 8.40. The topological polar surface area (TPSA) is 105 Å². The predicted molar refractivity (Wildman–Crippen MR) is 160 cm³/mol. The second-order valence-corrected chi connectivity index (χ2v) is 11.9. The third kappa shape index (κ3) is 8.00. The molecule has 220 valence electrons. The molecule has 0 saturated carbocycles. The lowest BCUT2D eigenvalue weighted by atomic mass is 10.1. The maximum Gasteiger partial charge on any atom is 0.264 e. The van der Waals surface area contributed by atoms with Crippen LogP contribution in [0.1, 0.15) is 31.9 Å². The average molecular weight is 582 g/mol. The van der Waals surface area contributed by atoms with E-state index in [0.717, 1.165) is 15.4 Å². The van der Waals surface area contributed by atoms with Crippen LogP contribution in [0, 0.1) is 6.92 Å². The van der Waals surface area contributed by atoms with Gasteiger partial charge in [-0.25, -0.2) is 8.42 Å². The lowest BCUT2D eigenvalue weighted by molar-refractivity contribution is -0.139. The molecule has 1 N–H and O–H groups in total. The summed E-state index contributed by atoms with van der Waals surface area (Å²) in [5.74, 6) is -0.197. The first-order valence-corrected chi connectivity index (χ1v) is 14.9. The Labute approximate surface area is 243 Å². The summed E-state index contributed by atoms with van der Waals surface area (Å²) in [6.07, 6.45) is 0.499. The van der Waals surface area contributed by atoms with Crippen molar-refractivity contribution in [1.29, 1.82) is 0 Å². The molecule has 41 heavy (non-hydrogen) atoms. The normalized spacial score (nSPS) is 12.0. The van der Waals surface area contributed by atoms with Crippen LogP contribution in [0.3, 0.4) is 0 Å². The van der Waals surface area contributed by atoms with Crippen molar-refractivity contribution in [3.05, 3.63) is 83.9 Å². The van der Waals surface area contributed by atoms with Crippen molar-refractivity contribution in [3.8, 4) is 11.5 Å². The minimum Gasteiger partial charge on any atom is -0.493 e. The molecule has 10 heteroatoms. The molecule has 0 radical (unpaired) electrons. The van der Waals surface area contributed by atoms with Gasteiger partial charge in [0.1, 0.15) is 12.6 Å². The zero-order chi connectivity index (χ0) is 30.2. The van der Waals surface area contributed by atoms with E-state index < -0.39 is 28.5 Å². The Morgan fingerprint density at radius 2 is 1.51 bits per heavy atom. The van der Waals surface area contributed by atoms with E-state index in [1.807, 2.05) is 51.1 Å². The SMILES string of the molecule is COc1ccc(S(=O)(=O)N(CC(=O)N(CCc2ccccc2)[C@@H](C)C(=O)NC(C)C)c2ccc(C)cc2)cc1OC. The Hall–Kier alpha value is -4.05. The fraction of sp³-hybridized carbons (Fsp3) is 0.355. The molecule has 3 rings (SSSR count). The molecule has 0 aliphatic rings. The standard InChI is InChI=1S/C31H39N3O6S/c1-22(2)32-31(36)24(4)33(19-18-25-10-8-7-9-11-25)30(35)21-34(26-14-12-23(3)13-15-26)41(37,38)27-16-17-28(39-5)29(20-27)40-6/h7-17,20,22,24H,18-19,21H2,1-6H3,(H,32,36)/t24-/m0/s1. The highest BCUT2D eigenvalue weighted by molar-refractivity contribution is 7.92. The molecule has 0 aromatic heterocycles. The van der Waals surface area contributed by atoms with Crippen molar-refractivity contribution in [1.82, 2.24) is 10.2 Å². The van der Waals surface area contributed by atoms with Gasteiger partial charge in [0.25, 0.3) is 10.0 Å². The van der Waals surface area contributed by atoms with E-state index in [9.17, 15) is 18.0 Å². The fourth-order valence-electron chi connectivity index (χ4n) is 4.32. The van der Waals surface area contributed by atoms with Crippen LogP contribution in [0.15, 0.2) is 77.7 Å². The van der Waals surface area contributed by atoms with Gasteiger partial charge < -0.3 is 19.7 Å². The number of nitrogens with zero attached hydrogens (tertiary/aromatic N) is 2. The van der Waals surface area contributed by atoms with Crippen LogP contribution in [0.25, 0.3) is 0 Å². The summed E-state index contributed by atoms with van der Waals surface area (Å²) in [7, 11) is -1.35. The van der Waals surface area contributed by atoms with Crippen molar-refractivity contribution >= 4 is 27.5 Å². The third-order valence-electron chi connectivity index (χ3n) is 6.63. The van der Waals surface area contributed by atoms with Crippen LogP contribution in [-0.4, -0.2) is 64.5 Å². The predicted octanol–water partition coefficient (Wildman–Crippen LogP) is 4.19. The highest BCUT2D eigenvalue weighted by Gasteiger charge is 2.33. The first kappa shape index (κ1) is 31.5. The number of nitrogens with one attached hydrogen (secondary N) is 1. The molecule has 9 nitrogen and oxygen atoms in total. The molecule has 0 bridgehead atoms. The number of anilines is 1. The van der Waals surface area contributed by atoms with E-state index in [4.69, 9.17) is 9.47 Å². The summed E-state index contributed by atoms with van der Waals surface area (Å²) >= 11 is 0. The molecular weight excluding hydrogens is 542 g/mol. The van der Waals surface area contributed by atoms with Gasteiger partial charge in [0.2, 0.25) is 11.8 Å². The van der Waals surface area contributed by atoms with Gasteiger partial charge >= 0.3 is 0 Å². The minimum atomic E-state index is -4.24. The smallest absolute Gasteiger partial charge is 0.264 e. The van der Waals surface area contributed by atoms with Gasteiger partial charge in [-0.2, -0.15) is 0 Å². The first-order chi connectivity index (χ1) is 19.5. The largest absolute Gasteiger partial charge is 0.493 e. The molecule has 0 spiro atoms. The summed E-state index contributed by atoms with van der Waals surface area (Å²) in [5, 5.41) is 2.86. The maximum atomic E-state index is 14.1. The van der Waals surface area contributed by atoms with Crippen molar-refractivity contribution in [2.24, 2.45) is 0 Å². The highest BCUT2D eigenvalue weighted by atomic mass is 32.2. The Morgan fingerprint density at radius 3 is 2.10 bits per heavy atom. The van der Waals surface area contributed by atoms with Crippen molar-refractivity contribution < 1.29 is 27.5 Å². The van der Waals surface area contributed by atoms with Crippen molar-refractivity contribution in [2.45, 2.75) is 51.1 Å². The summed E-state index contributed by atoms with van der Waals surface area (Å²) < 4.78 is 39.8. The molecule has 0 fully saturated rings. The van der Waals surface area contributed by atoms with Gasteiger partial charge in [0.15, 0.2) is 11.5 Å². The molecule has 3 aromatic carbocycles. The molecule has 0 heterocycles. The summed E-state index contributed by atoms with van der Waals surface area (Å²) in [4.78, 5) is 28.3.